The van der Waals surface area contributed by atoms with Crippen molar-refractivity contribution >= 4 is 24.2 Å². The van der Waals surface area contributed by atoms with Crippen molar-refractivity contribution in [2.75, 3.05) is 6.61 Å². The second-order valence-electron chi connectivity index (χ2n) is 3.60. The fourth-order valence-corrected chi connectivity index (χ4v) is 4.60. The highest BCUT2D eigenvalue weighted by atomic mass is 32.7. The van der Waals surface area contributed by atoms with E-state index in [2.05, 4.69) is 28.7 Å². The smallest absolute Gasteiger partial charge is 0.145 e. The Balaban J connectivity index is 2.12. The fraction of sp³-hybridized carbons (Fsp3) is 0.154. The summed E-state index contributed by atoms with van der Waals surface area (Å²) in [6.45, 7) is 6.18. The molecule has 0 fully saturated rings. The number of aryl methyl sites for hydroxylation is 1. The van der Waals surface area contributed by atoms with Crippen molar-refractivity contribution in [1.82, 2.24) is 9.97 Å². The van der Waals surface area contributed by atoms with Crippen LogP contribution >= 0.6 is 18.7 Å². The van der Waals surface area contributed by atoms with Crippen LogP contribution in [0.4, 0.5) is 0 Å². The predicted molar refractivity (Wildman–Crippen MR) is 78.3 cm³/mol. The molecular formula is C13H15N2OPS. The topological polar surface area (TPSA) is 37.9 Å². The normalized spacial score (nSPS) is 12.3. The molecule has 1 N–H and O–H groups in total. The highest BCUT2D eigenvalue weighted by Crippen LogP contribution is 2.53. The highest BCUT2D eigenvalue weighted by molar-refractivity contribution is 8.56. The lowest BCUT2D eigenvalue weighted by atomic mass is 10.4. The van der Waals surface area contributed by atoms with Gasteiger partial charge in [-0.2, -0.15) is 0 Å². The van der Waals surface area contributed by atoms with Gasteiger partial charge in [-0.25, -0.2) is 4.98 Å². The van der Waals surface area contributed by atoms with Gasteiger partial charge in [-0.15, -0.1) is 6.58 Å². The molecule has 0 radical (unpaired) electrons. The molecule has 18 heavy (non-hydrogen) atoms. The van der Waals surface area contributed by atoms with Crippen LogP contribution < -0.4 is 5.44 Å². The molecule has 1 unspecified atom stereocenters. The first kappa shape index (κ1) is 13.3. The van der Waals surface area contributed by atoms with Crippen molar-refractivity contribution < 1.29 is 4.52 Å². The number of nitrogens with zero attached hydrogens (tertiary/aromatic N) is 1. The third kappa shape index (κ3) is 3.70. The Kier molecular flexibility index (Phi) is 5.00. The summed E-state index contributed by atoms with van der Waals surface area (Å²) in [6, 6.07) is 10.2. The summed E-state index contributed by atoms with van der Waals surface area (Å²) in [5.74, 6) is 0.911. The van der Waals surface area contributed by atoms with Crippen LogP contribution in [-0.4, -0.2) is 16.6 Å². The van der Waals surface area contributed by atoms with Gasteiger partial charge in [0.05, 0.1) is 18.2 Å². The standard InChI is InChI=1S/C13H15N2OPS/c1-3-9-16-17(13-10-14-11(2)15-13)18-12-7-5-4-6-8-12/h3-8,10H,1,9H2,2H3,(H,14,15). The van der Waals surface area contributed by atoms with Crippen LogP contribution in [0.5, 0.6) is 0 Å². The zero-order valence-corrected chi connectivity index (χ0v) is 11.9. The van der Waals surface area contributed by atoms with Crippen molar-refractivity contribution in [3.8, 4) is 0 Å². The van der Waals surface area contributed by atoms with Gasteiger partial charge < -0.3 is 9.51 Å². The SMILES string of the molecule is C=CCOP(Sc1ccccc1)c1cnc(C)[nH]1. The van der Waals surface area contributed by atoms with E-state index in [0.29, 0.717) is 6.61 Å². The first-order chi connectivity index (χ1) is 8.79. The number of rotatable bonds is 6. The minimum Gasteiger partial charge on any atom is -0.340 e. The number of hydrogen-bond donors (Lipinski definition) is 1. The van der Waals surface area contributed by atoms with Gasteiger partial charge in [-0.1, -0.05) is 35.7 Å². The van der Waals surface area contributed by atoms with E-state index in [-0.39, 0.29) is 0 Å². The van der Waals surface area contributed by atoms with E-state index in [1.54, 1.807) is 17.5 Å². The maximum atomic E-state index is 5.83. The van der Waals surface area contributed by atoms with Crippen molar-refractivity contribution in [3.63, 3.8) is 0 Å². The maximum absolute atomic E-state index is 5.83. The van der Waals surface area contributed by atoms with Crippen LogP contribution in [0.2, 0.25) is 0 Å². The van der Waals surface area contributed by atoms with Crippen LogP contribution in [0.15, 0.2) is 54.1 Å². The Morgan fingerprint density at radius 3 is 2.83 bits per heavy atom. The van der Waals surface area contributed by atoms with Gasteiger partial charge in [0.25, 0.3) is 0 Å². The van der Waals surface area contributed by atoms with E-state index in [1.165, 1.54) is 4.90 Å². The van der Waals surface area contributed by atoms with Gasteiger partial charge in [0.2, 0.25) is 0 Å². The third-order valence-electron chi connectivity index (χ3n) is 2.13. The Bertz CT molecular complexity index is 501. The summed E-state index contributed by atoms with van der Waals surface area (Å²) in [5, 5.41) is 0. The highest BCUT2D eigenvalue weighted by Gasteiger charge is 2.16. The number of aromatic nitrogens is 2. The molecule has 1 aromatic heterocycles. The second kappa shape index (κ2) is 6.74. The van der Waals surface area contributed by atoms with Crippen LogP contribution in [0, 0.1) is 6.92 Å². The van der Waals surface area contributed by atoms with Crippen molar-refractivity contribution in [2.24, 2.45) is 0 Å². The molecule has 2 aromatic rings. The lowest BCUT2D eigenvalue weighted by Crippen LogP contribution is -2.02. The van der Waals surface area contributed by atoms with Crippen LogP contribution in [0.3, 0.4) is 0 Å². The molecule has 2 rings (SSSR count). The fourth-order valence-electron chi connectivity index (χ4n) is 1.34. The Hall–Kier alpha value is -1.09. The van der Waals surface area contributed by atoms with Gasteiger partial charge in [0.15, 0.2) is 0 Å². The summed E-state index contributed by atoms with van der Waals surface area (Å²) in [5.41, 5.74) is 1.04. The van der Waals surface area contributed by atoms with Crippen molar-refractivity contribution in [1.29, 1.82) is 0 Å². The van der Waals surface area contributed by atoms with Gasteiger partial charge >= 0.3 is 0 Å². The summed E-state index contributed by atoms with van der Waals surface area (Å²) in [6.07, 6.45) is 3.62. The molecule has 0 saturated heterocycles. The van der Waals surface area contributed by atoms with E-state index in [4.69, 9.17) is 4.52 Å². The second-order valence-corrected chi connectivity index (χ2v) is 7.05. The number of aromatic amines is 1. The van der Waals surface area contributed by atoms with Gasteiger partial charge in [-0.3, -0.25) is 0 Å². The largest absolute Gasteiger partial charge is 0.340 e. The molecular weight excluding hydrogens is 263 g/mol. The molecule has 0 amide bonds. The maximum Gasteiger partial charge on any atom is 0.145 e. The Morgan fingerprint density at radius 2 is 2.22 bits per heavy atom. The summed E-state index contributed by atoms with van der Waals surface area (Å²) < 4.78 is 5.83. The lowest BCUT2D eigenvalue weighted by molar-refractivity contribution is 0.418. The van der Waals surface area contributed by atoms with Crippen molar-refractivity contribution in [2.45, 2.75) is 11.8 Å². The van der Waals surface area contributed by atoms with Gasteiger partial charge in [-0.05, 0) is 19.1 Å². The number of imidazole rings is 1. The first-order valence-electron chi connectivity index (χ1n) is 5.58. The predicted octanol–water partition coefficient (Wildman–Crippen LogP) is 3.65. The third-order valence-corrected chi connectivity index (χ3v) is 5.82. The average molecular weight is 278 g/mol. The minimum atomic E-state index is -0.790. The molecule has 1 atom stereocenters. The number of benzene rings is 1. The molecule has 0 aliphatic heterocycles. The Labute approximate surface area is 112 Å². The van der Waals surface area contributed by atoms with E-state index in [0.717, 1.165) is 11.3 Å². The minimum absolute atomic E-state index is 0.545. The summed E-state index contributed by atoms with van der Waals surface area (Å²) in [4.78, 5) is 8.67. The number of hydrogen-bond acceptors (Lipinski definition) is 3. The van der Waals surface area contributed by atoms with Crippen LogP contribution in [0.1, 0.15) is 5.82 Å². The molecule has 0 bridgehead atoms. The zero-order chi connectivity index (χ0) is 12.8. The van der Waals surface area contributed by atoms with Gasteiger partial charge in [0.1, 0.15) is 13.2 Å². The van der Waals surface area contributed by atoms with Crippen LogP contribution in [0.25, 0.3) is 0 Å². The van der Waals surface area contributed by atoms with Gasteiger partial charge in [0, 0.05) is 4.90 Å². The first-order valence-corrected chi connectivity index (χ1v) is 8.26. The average Bonchev–Trinajstić information content (AvgIpc) is 2.82. The molecule has 5 heteroatoms. The number of H-pyrrole nitrogens is 1. The molecule has 0 spiro atoms. The van der Waals surface area contributed by atoms with E-state index in [1.807, 2.05) is 31.3 Å². The quantitative estimate of drug-likeness (QED) is 0.647. The molecule has 3 nitrogen and oxygen atoms in total. The molecule has 1 heterocycles. The van der Waals surface area contributed by atoms with Crippen molar-refractivity contribution in [3.05, 3.63) is 55.0 Å². The molecule has 0 aliphatic carbocycles. The Morgan fingerprint density at radius 1 is 1.44 bits per heavy atom. The van der Waals surface area contributed by atoms with E-state index < -0.39 is 7.35 Å². The molecule has 0 aliphatic rings. The lowest BCUT2D eigenvalue weighted by Gasteiger charge is -2.14. The van der Waals surface area contributed by atoms with Crippen LogP contribution in [-0.2, 0) is 4.52 Å². The monoisotopic (exact) mass is 278 g/mol. The molecule has 1 aromatic carbocycles. The van der Waals surface area contributed by atoms with E-state index in [9.17, 15) is 0 Å². The van der Waals surface area contributed by atoms with E-state index >= 15 is 0 Å². The summed E-state index contributed by atoms with van der Waals surface area (Å²) >= 11 is 1.72. The summed E-state index contributed by atoms with van der Waals surface area (Å²) in [7, 11) is -0.790. The molecule has 0 saturated carbocycles. The number of nitrogens with one attached hydrogen (secondary N) is 1. The zero-order valence-electron chi connectivity index (χ0n) is 10.2. The molecule has 94 valence electrons.